The Morgan fingerprint density at radius 3 is 2.58 bits per heavy atom. The van der Waals surface area contributed by atoms with Gasteiger partial charge in [0.2, 0.25) is 10.0 Å². The highest BCUT2D eigenvalue weighted by Gasteiger charge is 2.25. The summed E-state index contributed by atoms with van der Waals surface area (Å²) in [6.45, 7) is -0.514. The molecule has 0 aliphatic rings. The second-order valence-electron chi connectivity index (χ2n) is 5.52. The van der Waals surface area contributed by atoms with E-state index in [1.165, 1.54) is 12.4 Å². The van der Waals surface area contributed by atoms with Crippen molar-refractivity contribution in [1.29, 1.82) is 0 Å². The molecule has 0 saturated carbocycles. The lowest BCUT2D eigenvalue weighted by Gasteiger charge is -2.11. The maximum Gasteiger partial charge on any atom is 0.247 e. The number of hydrogen-bond donors (Lipinski definition) is 3. The molecule has 0 amide bonds. The van der Waals surface area contributed by atoms with Crippen LogP contribution in [0.1, 0.15) is 5.56 Å². The summed E-state index contributed by atoms with van der Waals surface area (Å²) >= 11 is 6.80. The first-order chi connectivity index (χ1) is 12.3. The lowest BCUT2D eigenvalue weighted by molar-refractivity contribution is 0.0954. The lowest BCUT2D eigenvalue weighted by atomic mass is 10.1. The third-order valence-corrected chi connectivity index (χ3v) is 6.50. The Hall–Kier alpha value is -1.75. The van der Waals surface area contributed by atoms with Crippen molar-refractivity contribution < 1.29 is 23.4 Å². The molecule has 1 unspecified atom stereocenters. The van der Waals surface area contributed by atoms with Gasteiger partial charge in [-0.1, -0.05) is 11.6 Å². The number of primary sulfonamides is 1. The summed E-state index contributed by atoms with van der Waals surface area (Å²) in [7, 11) is -4.02. The molecule has 7 nitrogen and oxygen atoms in total. The largest absolute Gasteiger partial charge is 0.455 e. The third kappa shape index (κ3) is 3.98. The van der Waals surface area contributed by atoms with Crippen LogP contribution in [0.25, 0.3) is 10.1 Å². The van der Waals surface area contributed by atoms with E-state index in [1.54, 1.807) is 24.3 Å². The normalized spacial score (nSPS) is 13.1. The van der Waals surface area contributed by atoms with E-state index in [4.69, 9.17) is 26.6 Å². The van der Waals surface area contributed by atoms with Crippen LogP contribution in [0, 0.1) is 0 Å². The van der Waals surface area contributed by atoms with Gasteiger partial charge in [0.05, 0.1) is 23.6 Å². The molecule has 3 rings (SSSR count). The first-order valence-electron chi connectivity index (χ1n) is 7.44. The van der Waals surface area contributed by atoms with Crippen LogP contribution in [-0.2, 0) is 16.4 Å². The highest BCUT2D eigenvalue weighted by Crippen LogP contribution is 2.41. The Morgan fingerprint density at radius 1 is 1.27 bits per heavy atom. The van der Waals surface area contributed by atoms with Gasteiger partial charge in [-0.15, -0.1) is 11.3 Å². The van der Waals surface area contributed by atoms with E-state index in [2.05, 4.69) is 4.98 Å². The molecule has 26 heavy (non-hydrogen) atoms. The number of thiophene rings is 1. The van der Waals surface area contributed by atoms with E-state index in [1.807, 2.05) is 0 Å². The van der Waals surface area contributed by atoms with Crippen molar-refractivity contribution in [2.45, 2.75) is 16.7 Å². The van der Waals surface area contributed by atoms with E-state index < -0.39 is 22.7 Å². The molecule has 0 spiro atoms. The molecular formula is C16H15ClN2O5S2. The van der Waals surface area contributed by atoms with Crippen LogP contribution in [-0.4, -0.2) is 36.3 Å². The molecule has 4 N–H and O–H groups in total. The van der Waals surface area contributed by atoms with Crippen LogP contribution in [0.3, 0.4) is 0 Å². The monoisotopic (exact) mass is 414 g/mol. The average Bonchev–Trinajstić information content (AvgIpc) is 2.96. The van der Waals surface area contributed by atoms with Crippen LogP contribution in [0.15, 0.2) is 40.9 Å². The summed E-state index contributed by atoms with van der Waals surface area (Å²) < 4.78 is 30.2. The SMILES string of the molecule is NS(=O)(=O)c1sc2cncc(Oc3ccc(Cl)cc3)c2c1CC(O)CO. The minimum absolute atomic E-state index is 0.0889. The van der Waals surface area contributed by atoms with Gasteiger partial charge in [-0.3, -0.25) is 4.98 Å². The Labute approximate surface area is 158 Å². The number of hydrogen-bond acceptors (Lipinski definition) is 7. The van der Waals surface area contributed by atoms with Gasteiger partial charge in [0.15, 0.2) is 5.75 Å². The quantitative estimate of drug-likeness (QED) is 0.568. The molecule has 2 aromatic heterocycles. The van der Waals surface area contributed by atoms with Crippen molar-refractivity contribution >= 4 is 43.0 Å². The number of pyridine rings is 1. The van der Waals surface area contributed by atoms with E-state index in [-0.39, 0.29) is 10.6 Å². The number of aliphatic hydroxyl groups is 2. The first kappa shape index (κ1) is 19.0. The zero-order valence-corrected chi connectivity index (χ0v) is 15.7. The second-order valence-corrected chi connectivity index (χ2v) is 8.77. The number of nitrogens with zero attached hydrogens (tertiary/aromatic N) is 1. The number of rotatable bonds is 6. The Bertz CT molecular complexity index is 1030. The smallest absolute Gasteiger partial charge is 0.247 e. The number of aliphatic hydroxyl groups excluding tert-OH is 2. The Morgan fingerprint density at radius 2 is 1.96 bits per heavy atom. The maximum atomic E-state index is 12.0. The first-order valence-corrected chi connectivity index (χ1v) is 10.2. The van der Waals surface area contributed by atoms with Crippen molar-refractivity contribution in [3.05, 3.63) is 47.2 Å². The average molecular weight is 415 g/mol. The lowest BCUT2D eigenvalue weighted by Crippen LogP contribution is -2.18. The molecule has 0 radical (unpaired) electrons. The standard InChI is InChI=1S/C16H15ClN2O5S2/c17-9-1-3-11(4-2-9)24-13-6-19-7-14-15(13)12(5-10(21)8-20)16(25-14)26(18,22)23/h1-4,6-7,10,20-21H,5,8H2,(H2,18,22,23). The fourth-order valence-electron chi connectivity index (χ4n) is 2.48. The minimum Gasteiger partial charge on any atom is -0.455 e. The van der Waals surface area contributed by atoms with Crippen molar-refractivity contribution in [3.8, 4) is 11.5 Å². The Balaban J connectivity index is 2.17. The molecule has 1 aromatic carbocycles. The third-order valence-electron chi connectivity index (χ3n) is 3.58. The van der Waals surface area contributed by atoms with Gasteiger partial charge in [0.25, 0.3) is 0 Å². The van der Waals surface area contributed by atoms with E-state index in [0.717, 1.165) is 11.3 Å². The zero-order valence-electron chi connectivity index (χ0n) is 13.3. The highest BCUT2D eigenvalue weighted by molar-refractivity contribution is 7.91. The number of ether oxygens (including phenoxy) is 1. The number of sulfonamides is 1. The van der Waals surface area contributed by atoms with E-state index in [9.17, 15) is 13.5 Å². The molecule has 2 heterocycles. The number of aromatic nitrogens is 1. The van der Waals surface area contributed by atoms with Crippen molar-refractivity contribution in [2.24, 2.45) is 5.14 Å². The molecule has 1 atom stereocenters. The fraction of sp³-hybridized carbons (Fsp3) is 0.188. The van der Waals surface area contributed by atoms with Crippen LogP contribution in [0.2, 0.25) is 5.02 Å². The predicted octanol–water partition coefficient (Wildman–Crippen LogP) is 2.29. The maximum absolute atomic E-state index is 12.0. The van der Waals surface area contributed by atoms with Gasteiger partial charge < -0.3 is 14.9 Å². The van der Waals surface area contributed by atoms with Gasteiger partial charge in [-0.25, -0.2) is 13.6 Å². The summed E-state index contributed by atoms with van der Waals surface area (Å²) in [5.74, 6) is 0.803. The van der Waals surface area contributed by atoms with Gasteiger partial charge in [0.1, 0.15) is 9.96 Å². The van der Waals surface area contributed by atoms with Crippen molar-refractivity contribution in [2.75, 3.05) is 6.61 Å². The fourth-order valence-corrected chi connectivity index (χ4v) is 4.82. The second kappa shape index (κ2) is 7.47. The summed E-state index contributed by atoms with van der Waals surface area (Å²) in [4.78, 5) is 4.07. The van der Waals surface area contributed by atoms with Crippen LogP contribution in [0.5, 0.6) is 11.5 Å². The molecule has 138 valence electrons. The molecular weight excluding hydrogens is 400 g/mol. The molecule has 0 saturated heterocycles. The topological polar surface area (TPSA) is 123 Å². The van der Waals surface area contributed by atoms with E-state index in [0.29, 0.717) is 32.2 Å². The molecule has 0 bridgehead atoms. The van der Waals surface area contributed by atoms with Crippen molar-refractivity contribution in [1.82, 2.24) is 4.98 Å². The predicted molar refractivity (Wildman–Crippen MR) is 99.3 cm³/mol. The number of benzene rings is 1. The Kier molecular flexibility index (Phi) is 5.47. The van der Waals surface area contributed by atoms with Gasteiger partial charge in [0, 0.05) is 23.0 Å². The minimum atomic E-state index is -4.02. The van der Waals surface area contributed by atoms with Crippen molar-refractivity contribution in [3.63, 3.8) is 0 Å². The molecule has 10 heteroatoms. The van der Waals surface area contributed by atoms with E-state index >= 15 is 0 Å². The number of halogens is 1. The van der Waals surface area contributed by atoms with Gasteiger partial charge in [-0.05, 0) is 29.8 Å². The van der Waals surface area contributed by atoms with Gasteiger partial charge >= 0.3 is 0 Å². The summed E-state index contributed by atoms with van der Waals surface area (Å²) in [5, 5.41) is 25.3. The summed E-state index contributed by atoms with van der Waals surface area (Å²) in [6, 6.07) is 6.64. The van der Waals surface area contributed by atoms with Gasteiger partial charge in [-0.2, -0.15) is 0 Å². The molecule has 0 aliphatic heterocycles. The molecule has 0 aliphatic carbocycles. The zero-order chi connectivity index (χ0) is 18.9. The summed E-state index contributed by atoms with van der Waals surface area (Å²) in [6.07, 6.45) is 1.72. The molecule has 0 fully saturated rings. The summed E-state index contributed by atoms with van der Waals surface area (Å²) in [5.41, 5.74) is 0.292. The van der Waals surface area contributed by atoms with Crippen LogP contribution in [0.4, 0.5) is 0 Å². The van der Waals surface area contributed by atoms with Crippen LogP contribution < -0.4 is 9.88 Å². The van der Waals surface area contributed by atoms with Crippen LogP contribution >= 0.6 is 22.9 Å². The number of nitrogens with two attached hydrogens (primary N) is 1. The highest BCUT2D eigenvalue weighted by atomic mass is 35.5. The number of fused-ring (bicyclic) bond motifs is 1. The molecule has 3 aromatic rings.